The number of rotatable bonds is 8. The fourth-order valence-electron chi connectivity index (χ4n) is 3.83. The molecule has 0 aromatic carbocycles. The highest BCUT2D eigenvalue weighted by Gasteiger charge is 2.39. The van der Waals surface area contributed by atoms with Crippen LogP contribution in [0.5, 0.6) is 0 Å². The maximum atomic E-state index is 13.7. The lowest BCUT2D eigenvalue weighted by molar-refractivity contribution is -0.120. The zero-order chi connectivity index (χ0) is 24.3. The van der Waals surface area contributed by atoms with Crippen LogP contribution in [0.4, 0.5) is 5.13 Å². The molecular formula is C20H29N5O5S3. The van der Waals surface area contributed by atoms with E-state index >= 15 is 0 Å². The van der Waals surface area contributed by atoms with E-state index in [0.29, 0.717) is 29.4 Å². The zero-order valence-corrected chi connectivity index (χ0v) is 21.8. The number of thioether (sulfide) groups is 1. The van der Waals surface area contributed by atoms with Crippen LogP contribution in [0.3, 0.4) is 0 Å². The minimum absolute atomic E-state index is 0.0270. The molecule has 10 nitrogen and oxygen atoms in total. The van der Waals surface area contributed by atoms with Crippen molar-refractivity contribution in [3.63, 3.8) is 0 Å². The second kappa shape index (κ2) is 10.5. The molecule has 1 aliphatic rings. The average Bonchev–Trinajstić information content (AvgIpc) is 3.31. The summed E-state index contributed by atoms with van der Waals surface area (Å²) < 4.78 is 36.2. The number of carbonyl (C=O) groups excluding carboxylic acids is 2. The van der Waals surface area contributed by atoms with Crippen LogP contribution in [0.2, 0.25) is 0 Å². The molecule has 1 atom stereocenters. The molecule has 2 aromatic heterocycles. The van der Waals surface area contributed by atoms with E-state index < -0.39 is 21.9 Å². The topological polar surface area (TPSA) is 123 Å². The lowest BCUT2D eigenvalue weighted by Gasteiger charge is -2.31. The highest BCUT2D eigenvalue weighted by Crippen LogP contribution is 2.32. The molecule has 3 rings (SSSR count). The Balaban J connectivity index is 1.84. The second-order valence-corrected chi connectivity index (χ2v) is 12.0. The van der Waals surface area contributed by atoms with Crippen molar-refractivity contribution in [2.45, 2.75) is 49.8 Å². The smallest absolute Gasteiger partial charge is 0.341 e. The van der Waals surface area contributed by atoms with Gasteiger partial charge in [0, 0.05) is 31.5 Å². The van der Waals surface area contributed by atoms with Crippen LogP contribution in [0.1, 0.15) is 48.4 Å². The molecule has 33 heavy (non-hydrogen) atoms. The molecule has 0 spiro atoms. The van der Waals surface area contributed by atoms with Crippen LogP contribution in [0, 0.1) is 19.8 Å². The van der Waals surface area contributed by atoms with Crippen LogP contribution in [-0.2, 0) is 26.6 Å². The molecule has 1 unspecified atom stereocenters. The van der Waals surface area contributed by atoms with Crippen molar-refractivity contribution in [2.75, 3.05) is 30.8 Å². The normalized spacial score (nSPS) is 17.2. The van der Waals surface area contributed by atoms with E-state index in [1.165, 1.54) is 27.4 Å². The molecule has 3 heterocycles. The number of sulfonamides is 1. The van der Waals surface area contributed by atoms with Crippen LogP contribution in [0.25, 0.3) is 0 Å². The molecule has 1 fully saturated rings. The van der Waals surface area contributed by atoms with Gasteiger partial charge in [-0.2, -0.15) is 4.31 Å². The first-order chi connectivity index (χ1) is 15.6. The number of amides is 1. The maximum absolute atomic E-state index is 13.7. The van der Waals surface area contributed by atoms with Crippen molar-refractivity contribution in [1.82, 2.24) is 19.1 Å². The summed E-state index contributed by atoms with van der Waals surface area (Å²) in [5, 5.41) is 11.2. The molecule has 1 N–H and O–H groups in total. The minimum atomic E-state index is -4.03. The SMILES string of the molecule is CCOC(=O)c1c(S(=O)(=O)N2CCCC(C(=O)Nc3nnc(SCC)s3)C2)c(C)n(C)c1C. The van der Waals surface area contributed by atoms with E-state index in [0.717, 1.165) is 10.1 Å². The van der Waals surface area contributed by atoms with Gasteiger partial charge in [-0.1, -0.05) is 30.0 Å². The van der Waals surface area contributed by atoms with Gasteiger partial charge in [-0.15, -0.1) is 10.2 Å². The molecule has 1 aliphatic heterocycles. The Morgan fingerprint density at radius 3 is 2.64 bits per heavy atom. The van der Waals surface area contributed by atoms with E-state index in [1.807, 2.05) is 6.92 Å². The molecule has 13 heteroatoms. The summed E-state index contributed by atoms with van der Waals surface area (Å²) in [5.41, 5.74) is 1.03. The van der Waals surface area contributed by atoms with Gasteiger partial charge in [0.1, 0.15) is 10.5 Å². The Morgan fingerprint density at radius 1 is 1.24 bits per heavy atom. The third-order valence-corrected chi connectivity index (χ3v) is 9.54. The van der Waals surface area contributed by atoms with Crippen LogP contribution < -0.4 is 5.32 Å². The summed E-state index contributed by atoms with van der Waals surface area (Å²) in [6, 6.07) is 0. The third-order valence-electron chi connectivity index (χ3n) is 5.66. The fourth-order valence-corrected chi connectivity index (χ4v) is 7.48. The van der Waals surface area contributed by atoms with Gasteiger partial charge in [-0.25, -0.2) is 13.2 Å². The van der Waals surface area contributed by atoms with Gasteiger partial charge in [0.25, 0.3) is 0 Å². The largest absolute Gasteiger partial charge is 0.462 e. The lowest BCUT2D eigenvalue weighted by atomic mass is 9.99. The molecule has 0 aliphatic carbocycles. The van der Waals surface area contributed by atoms with E-state index in [1.54, 1.807) is 32.4 Å². The fraction of sp³-hybridized carbons (Fsp3) is 0.600. The van der Waals surface area contributed by atoms with E-state index in [2.05, 4.69) is 15.5 Å². The Bertz CT molecular complexity index is 1140. The Morgan fingerprint density at radius 2 is 1.97 bits per heavy atom. The molecule has 0 saturated carbocycles. The summed E-state index contributed by atoms with van der Waals surface area (Å²) in [7, 11) is -2.31. The summed E-state index contributed by atoms with van der Waals surface area (Å²) >= 11 is 2.83. The van der Waals surface area contributed by atoms with Crippen molar-refractivity contribution in [2.24, 2.45) is 13.0 Å². The third kappa shape index (κ3) is 5.26. The van der Waals surface area contributed by atoms with Gasteiger partial charge >= 0.3 is 5.97 Å². The maximum Gasteiger partial charge on any atom is 0.341 e. The Kier molecular flexibility index (Phi) is 8.19. The number of nitrogens with one attached hydrogen (secondary N) is 1. The number of hydrogen-bond donors (Lipinski definition) is 1. The number of esters is 1. The predicted octanol–water partition coefficient (Wildman–Crippen LogP) is 2.82. The summed E-state index contributed by atoms with van der Waals surface area (Å²) in [5.74, 6) is -0.633. The standard InChI is InChI=1S/C20H29N5O5S3/c1-6-30-18(27)15-12(3)24(5)13(4)16(15)33(28,29)25-10-8-9-14(11-25)17(26)21-19-22-23-20(32-19)31-7-2/h14H,6-11H2,1-5H3,(H,21,22,26). The van der Waals surface area contributed by atoms with Crippen molar-refractivity contribution in [1.29, 1.82) is 0 Å². The van der Waals surface area contributed by atoms with Gasteiger partial charge < -0.3 is 14.6 Å². The lowest BCUT2D eigenvalue weighted by Crippen LogP contribution is -2.44. The average molecular weight is 516 g/mol. The van der Waals surface area contributed by atoms with Gasteiger partial charge in [-0.05, 0) is 39.4 Å². The van der Waals surface area contributed by atoms with Gasteiger partial charge in [0.05, 0.1) is 12.5 Å². The molecule has 0 bridgehead atoms. The minimum Gasteiger partial charge on any atom is -0.462 e. The highest BCUT2D eigenvalue weighted by molar-refractivity contribution is 8.01. The molecular weight excluding hydrogens is 486 g/mol. The first-order valence-electron chi connectivity index (χ1n) is 10.7. The summed E-state index contributed by atoms with van der Waals surface area (Å²) in [4.78, 5) is 25.4. The monoisotopic (exact) mass is 515 g/mol. The van der Waals surface area contributed by atoms with Crippen molar-refractivity contribution in [3.05, 3.63) is 17.0 Å². The van der Waals surface area contributed by atoms with Crippen LogP contribution >= 0.6 is 23.1 Å². The van der Waals surface area contributed by atoms with Crippen LogP contribution in [-0.4, -0.2) is 64.8 Å². The number of hydrogen-bond acceptors (Lipinski definition) is 9. The van der Waals surface area contributed by atoms with Crippen molar-refractivity contribution in [3.8, 4) is 0 Å². The predicted molar refractivity (Wildman–Crippen MR) is 127 cm³/mol. The number of ether oxygens (including phenoxy) is 1. The van der Waals surface area contributed by atoms with E-state index in [4.69, 9.17) is 4.74 Å². The Hall–Kier alpha value is -1.96. The molecule has 182 valence electrons. The summed E-state index contributed by atoms with van der Waals surface area (Å²) in [6.45, 7) is 7.48. The van der Waals surface area contributed by atoms with Crippen molar-refractivity contribution >= 4 is 50.1 Å². The van der Waals surface area contributed by atoms with Crippen LogP contribution in [0.15, 0.2) is 9.24 Å². The number of nitrogens with zero attached hydrogens (tertiary/aromatic N) is 4. The van der Waals surface area contributed by atoms with Gasteiger partial charge in [0.2, 0.25) is 21.1 Å². The highest BCUT2D eigenvalue weighted by atomic mass is 32.2. The number of piperidine rings is 1. The summed E-state index contributed by atoms with van der Waals surface area (Å²) in [6.07, 6.45) is 1.09. The number of aromatic nitrogens is 3. The van der Waals surface area contributed by atoms with E-state index in [-0.39, 0.29) is 36.1 Å². The number of carbonyl (C=O) groups is 2. The Labute approximate surface area is 202 Å². The van der Waals surface area contributed by atoms with E-state index in [9.17, 15) is 18.0 Å². The molecule has 1 saturated heterocycles. The first-order valence-corrected chi connectivity index (χ1v) is 14.0. The molecule has 0 radical (unpaired) electrons. The van der Waals surface area contributed by atoms with Gasteiger partial charge in [-0.3, -0.25) is 4.79 Å². The quantitative estimate of drug-likeness (QED) is 0.323. The zero-order valence-electron chi connectivity index (χ0n) is 19.4. The molecule has 1 amide bonds. The van der Waals surface area contributed by atoms with Crippen molar-refractivity contribution < 1.29 is 22.7 Å². The van der Waals surface area contributed by atoms with Gasteiger partial charge in [0.15, 0.2) is 4.34 Å². The molecule has 2 aromatic rings. The first kappa shape index (κ1) is 25.7. The second-order valence-electron chi connectivity index (χ2n) is 7.65. The number of anilines is 1.